The Morgan fingerprint density at radius 2 is 2.00 bits per heavy atom. The van der Waals surface area contributed by atoms with Crippen LogP contribution >= 0.6 is 11.6 Å². The fourth-order valence-electron chi connectivity index (χ4n) is 3.57. The lowest BCUT2D eigenvalue weighted by molar-refractivity contribution is -0.384. The summed E-state index contributed by atoms with van der Waals surface area (Å²) in [7, 11) is 0. The number of amides is 1. The first kappa shape index (κ1) is 16.7. The molecule has 2 aliphatic heterocycles. The number of fused-ring (bicyclic) bond motifs is 1. The zero-order valence-corrected chi connectivity index (χ0v) is 14.6. The molecule has 0 atom stereocenters. The molecule has 8 heteroatoms. The maximum absolute atomic E-state index is 11.9. The fraction of sp³-hybridized carbons (Fsp3) is 0.278. The maximum atomic E-state index is 11.9. The summed E-state index contributed by atoms with van der Waals surface area (Å²) < 4.78 is 5.04. The highest BCUT2D eigenvalue weighted by molar-refractivity contribution is 6.30. The van der Waals surface area contributed by atoms with Crippen molar-refractivity contribution < 1.29 is 14.5 Å². The van der Waals surface area contributed by atoms with Gasteiger partial charge in [0, 0.05) is 24.2 Å². The Morgan fingerprint density at radius 1 is 1.15 bits per heavy atom. The van der Waals surface area contributed by atoms with Gasteiger partial charge in [-0.25, -0.2) is 4.79 Å². The Labute approximate surface area is 154 Å². The lowest BCUT2D eigenvalue weighted by atomic mass is 9.96. The molecular weight excluding hydrogens is 358 g/mol. The van der Waals surface area contributed by atoms with Crippen LogP contribution in [0.3, 0.4) is 0 Å². The first-order chi connectivity index (χ1) is 12.5. The van der Waals surface area contributed by atoms with E-state index in [-0.39, 0.29) is 11.8 Å². The number of cyclic esters (lactones) is 1. The van der Waals surface area contributed by atoms with Crippen molar-refractivity contribution in [1.29, 1.82) is 0 Å². The Bertz CT molecular complexity index is 902. The van der Waals surface area contributed by atoms with Gasteiger partial charge in [-0.3, -0.25) is 15.0 Å². The van der Waals surface area contributed by atoms with Crippen molar-refractivity contribution in [1.82, 2.24) is 0 Å². The third-order valence-electron chi connectivity index (χ3n) is 4.77. The number of nitrogens with zero attached hydrogens (tertiary/aromatic N) is 3. The van der Waals surface area contributed by atoms with Crippen LogP contribution in [0.1, 0.15) is 11.1 Å². The van der Waals surface area contributed by atoms with E-state index in [0.29, 0.717) is 43.4 Å². The predicted molar refractivity (Wildman–Crippen MR) is 98.0 cm³/mol. The largest absolute Gasteiger partial charge is 0.447 e. The number of carbonyl (C=O) groups is 1. The van der Waals surface area contributed by atoms with Crippen molar-refractivity contribution in [3.8, 4) is 0 Å². The molecule has 2 heterocycles. The molecule has 1 fully saturated rings. The van der Waals surface area contributed by atoms with Crippen molar-refractivity contribution in [3.63, 3.8) is 0 Å². The van der Waals surface area contributed by atoms with Crippen molar-refractivity contribution in [2.24, 2.45) is 0 Å². The number of benzene rings is 2. The Balaban J connectivity index is 1.68. The number of ether oxygens (including phenoxy) is 1. The highest BCUT2D eigenvalue weighted by atomic mass is 35.5. The van der Waals surface area contributed by atoms with Gasteiger partial charge in [-0.1, -0.05) is 23.7 Å². The summed E-state index contributed by atoms with van der Waals surface area (Å²) in [5.41, 5.74) is 3.57. The van der Waals surface area contributed by atoms with Crippen LogP contribution in [0.25, 0.3) is 0 Å². The van der Waals surface area contributed by atoms with Gasteiger partial charge in [0.25, 0.3) is 5.69 Å². The van der Waals surface area contributed by atoms with E-state index in [1.54, 1.807) is 17.0 Å². The molecule has 1 amide bonds. The van der Waals surface area contributed by atoms with Gasteiger partial charge >= 0.3 is 6.09 Å². The molecule has 0 N–H and O–H groups in total. The zero-order valence-electron chi connectivity index (χ0n) is 13.9. The SMILES string of the molecule is O=C1OCCN1c1cccc2c1CCN(c1ccc(Cl)cc1[N+](=O)[O-])C2. The average molecular weight is 374 g/mol. The van der Waals surface area contributed by atoms with Crippen LogP contribution in [-0.2, 0) is 17.7 Å². The van der Waals surface area contributed by atoms with Crippen LogP contribution in [0.15, 0.2) is 36.4 Å². The second-order valence-corrected chi connectivity index (χ2v) is 6.68. The van der Waals surface area contributed by atoms with Gasteiger partial charge in [0.05, 0.1) is 17.2 Å². The smallest absolute Gasteiger partial charge is 0.414 e. The number of halogens is 1. The van der Waals surface area contributed by atoms with Crippen LogP contribution in [0.4, 0.5) is 21.9 Å². The minimum absolute atomic E-state index is 0.000209. The van der Waals surface area contributed by atoms with Crippen molar-refractivity contribution >= 4 is 34.8 Å². The maximum Gasteiger partial charge on any atom is 0.414 e. The second-order valence-electron chi connectivity index (χ2n) is 6.24. The number of hydrogen-bond donors (Lipinski definition) is 0. The molecule has 2 aromatic rings. The van der Waals surface area contributed by atoms with E-state index in [2.05, 4.69) is 0 Å². The van der Waals surface area contributed by atoms with Gasteiger partial charge in [-0.05, 0) is 35.7 Å². The van der Waals surface area contributed by atoms with Gasteiger partial charge in [-0.2, -0.15) is 0 Å². The number of nitro groups is 1. The predicted octanol–water partition coefficient (Wildman–Crippen LogP) is 3.77. The third kappa shape index (κ3) is 2.84. The zero-order chi connectivity index (χ0) is 18.3. The molecule has 134 valence electrons. The lowest BCUT2D eigenvalue weighted by Gasteiger charge is -2.32. The van der Waals surface area contributed by atoms with Crippen LogP contribution in [-0.4, -0.2) is 30.7 Å². The summed E-state index contributed by atoms with van der Waals surface area (Å²) >= 11 is 5.92. The van der Waals surface area contributed by atoms with Crippen molar-refractivity contribution in [3.05, 3.63) is 62.7 Å². The van der Waals surface area contributed by atoms with Gasteiger partial charge < -0.3 is 9.64 Å². The molecule has 0 radical (unpaired) electrons. The molecule has 7 nitrogen and oxygen atoms in total. The molecule has 0 bridgehead atoms. The number of rotatable bonds is 3. The topological polar surface area (TPSA) is 75.9 Å². The molecule has 0 aliphatic carbocycles. The van der Waals surface area contributed by atoms with Crippen LogP contribution in [0.5, 0.6) is 0 Å². The van der Waals surface area contributed by atoms with E-state index in [1.165, 1.54) is 6.07 Å². The highest BCUT2D eigenvalue weighted by Crippen LogP contribution is 2.36. The molecule has 26 heavy (non-hydrogen) atoms. The fourth-order valence-corrected chi connectivity index (χ4v) is 3.74. The van der Waals surface area contributed by atoms with Gasteiger partial charge in [0.2, 0.25) is 0 Å². The standard InChI is InChI=1S/C18H16ClN3O4/c19-13-4-5-16(17(10-13)22(24)25)20-7-6-14-12(11-20)2-1-3-15(14)21-8-9-26-18(21)23/h1-5,10H,6-9,11H2. The van der Waals surface area contributed by atoms with E-state index in [0.717, 1.165) is 16.8 Å². The summed E-state index contributed by atoms with van der Waals surface area (Å²) in [5.74, 6) is 0. The molecule has 1 saturated heterocycles. The molecular formula is C18H16ClN3O4. The van der Waals surface area contributed by atoms with Crippen LogP contribution < -0.4 is 9.80 Å². The van der Waals surface area contributed by atoms with E-state index in [1.807, 2.05) is 23.1 Å². The molecule has 2 aliphatic rings. The van der Waals surface area contributed by atoms with Crippen LogP contribution in [0, 0.1) is 10.1 Å². The summed E-state index contributed by atoms with van der Waals surface area (Å²) in [4.78, 5) is 26.5. The molecule has 0 saturated carbocycles. The Hall–Kier alpha value is -2.80. The molecule has 4 rings (SSSR count). The molecule has 0 spiro atoms. The number of nitro benzene ring substituents is 1. The highest BCUT2D eigenvalue weighted by Gasteiger charge is 2.30. The van der Waals surface area contributed by atoms with Gasteiger partial charge in [0.15, 0.2) is 0 Å². The third-order valence-corrected chi connectivity index (χ3v) is 5.00. The van der Waals surface area contributed by atoms with Crippen molar-refractivity contribution in [2.45, 2.75) is 13.0 Å². The summed E-state index contributed by atoms with van der Waals surface area (Å²) in [6.07, 6.45) is 0.365. The van der Waals surface area contributed by atoms with E-state index < -0.39 is 4.92 Å². The quantitative estimate of drug-likeness (QED) is 0.604. The minimum Gasteiger partial charge on any atom is -0.447 e. The number of anilines is 2. The summed E-state index contributed by atoms with van der Waals surface area (Å²) in [5, 5.41) is 11.7. The average Bonchev–Trinajstić information content (AvgIpc) is 3.06. The molecule has 0 unspecified atom stereocenters. The van der Waals surface area contributed by atoms with Crippen molar-refractivity contribution in [2.75, 3.05) is 29.5 Å². The first-order valence-electron chi connectivity index (χ1n) is 8.28. The number of carbonyl (C=O) groups excluding carboxylic acids is 1. The Morgan fingerprint density at radius 3 is 2.73 bits per heavy atom. The Kier molecular flexibility index (Phi) is 4.16. The second kappa shape index (κ2) is 6.49. The van der Waals surface area contributed by atoms with E-state index >= 15 is 0 Å². The normalized spacial score (nSPS) is 16.4. The van der Waals surface area contributed by atoms with Crippen LogP contribution in [0.2, 0.25) is 5.02 Å². The lowest BCUT2D eigenvalue weighted by Crippen LogP contribution is -2.33. The summed E-state index contributed by atoms with van der Waals surface area (Å²) in [6, 6.07) is 10.5. The molecule has 0 aromatic heterocycles. The van der Waals surface area contributed by atoms with Gasteiger partial charge in [-0.15, -0.1) is 0 Å². The molecule has 2 aromatic carbocycles. The minimum atomic E-state index is -0.409. The monoisotopic (exact) mass is 373 g/mol. The van der Waals surface area contributed by atoms with E-state index in [9.17, 15) is 14.9 Å². The number of hydrogen-bond acceptors (Lipinski definition) is 5. The first-order valence-corrected chi connectivity index (χ1v) is 8.66. The summed E-state index contributed by atoms with van der Waals surface area (Å²) in [6.45, 7) is 2.09. The van der Waals surface area contributed by atoms with Gasteiger partial charge in [0.1, 0.15) is 12.3 Å². The van der Waals surface area contributed by atoms with E-state index in [4.69, 9.17) is 16.3 Å².